The Bertz CT molecular complexity index is 584. The molecule has 4 atom stereocenters. The molecule has 2 bridgehead atoms. The van der Waals surface area contributed by atoms with Gasteiger partial charge in [0.2, 0.25) is 11.8 Å². The molecule has 3 heteroatoms. The zero-order valence-electron chi connectivity index (χ0n) is 11.5. The van der Waals surface area contributed by atoms with E-state index in [9.17, 15) is 9.59 Å². The molecule has 3 nitrogen and oxygen atoms in total. The summed E-state index contributed by atoms with van der Waals surface area (Å²) in [5, 5.41) is 0. The van der Waals surface area contributed by atoms with Gasteiger partial charge in [0.15, 0.2) is 0 Å². The third-order valence-electron chi connectivity index (χ3n) is 5.05. The summed E-state index contributed by atoms with van der Waals surface area (Å²) in [5.74, 6) is 0.291. The first-order chi connectivity index (χ1) is 9.66. The number of hydrogen-bond donors (Lipinski definition) is 0. The average molecular weight is 267 g/mol. The Morgan fingerprint density at radius 1 is 0.900 bits per heavy atom. The Labute approximate surface area is 118 Å². The van der Waals surface area contributed by atoms with Gasteiger partial charge in [-0.2, -0.15) is 0 Å². The van der Waals surface area contributed by atoms with Gasteiger partial charge in [0.05, 0.1) is 17.5 Å². The fraction of sp³-hybridized carbons (Fsp3) is 0.412. The number of carbonyl (C=O) groups is 2. The molecule has 0 aromatic heterocycles. The third-order valence-corrected chi connectivity index (χ3v) is 5.05. The molecular formula is C17H17NO2. The van der Waals surface area contributed by atoms with E-state index in [2.05, 4.69) is 12.2 Å². The fourth-order valence-corrected chi connectivity index (χ4v) is 4.02. The summed E-state index contributed by atoms with van der Waals surface area (Å²) in [6.07, 6.45) is 6.39. The molecule has 5 rings (SSSR count). The van der Waals surface area contributed by atoms with E-state index in [4.69, 9.17) is 0 Å². The van der Waals surface area contributed by atoms with E-state index < -0.39 is 0 Å². The van der Waals surface area contributed by atoms with Crippen molar-refractivity contribution in [2.45, 2.75) is 19.8 Å². The van der Waals surface area contributed by atoms with Gasteiger partial charge >= 0.3 is 0 Å². The monoisotopic (exact) mass is 267 g/mol. The largest absolute Gasteiger partial charge is 0.274 e. The number of imide groups is 1. The van der Waals surface area contributed by atoms with Crippen molar-refractivity contribution < 1.29 is 9.59 Å². The number of nitrogens with zero attached hydrogens (tertiary/aromatic N) is 1. The maximum atomic E-state index is 12.7. The SMILES string of the molecule is Cc1ccc(N2C(=O)[C@@H]3[C@@H](C2=O)[C@H]2C=C[C@H]3CC2)cc1. The molecule has 2 amide bonds. The molecular weight excluding hydrogens is 250 g/mol. The van der Waals surface area contributed by atoms with Crippen LogP contribution in [0, 0.1) is 30.6 Å². The molecule has 0 N–H and O–H groups in total. The van der Waals surface area contributed by atoms with Crippen LogP contribution in [0.3, 0.4) is 0 Å². The van der Waals surface area contributed by atoms with E-state index in [0.717, 1.165) is 24.1 Å². The summed E-state index contributed by atoms with van der Waals surface area (Å²) in [6, 6.07) is 7.64. The van der Waals surface area contributed by atoms with Crippen molar-refractivity contribution in [1.82, 2.24) is 0 Å². The molecule has 2 fully saturated rings. The second-order valence-corrected chi connectivity index (χ2v) is 6.19. The highest BCUT2D eigenvalue weighted by atomic mass is 16.2. The zero-order valence-corrected chi connectivity index (χ0v) is 11.5. The van der Waals surface area contributed by atoms with E-state index in [1.807, 2.05) is 31.2 Å². The number of carbonyl (C=O) groups excluding carboxylic acids is 2. The Morgan fingerprint density at radius 3 is 1.85 bits per heavy atom. The molecule has 1 aromatic rings. The molecule has 102 valence electrons. The van der Waals surface area contributed by atoms with Crippen molar-refractivity contribution in [2.75, 3.05) is 4.90 Å². The first-order valence-electron chi connectivity index (χ1n) is 7.29. The molecule has 1 heterocycles. The van der Waals surface area contributed by atoms with Crippen LogP contribution in [-0.2, 0) is 9.59 Å². The first-order valence-corrected chi connectivity index (χ1v) is 7.29. The molecule has 0 radical (unpaired) electrons. The van der Waals surface area contributed by atoms with E-state index in [-0.39, 0.29) is 35.5 Å². The summed E-state index contributed by atoms with van der Waals surface area (Å²) in [4.78, 5) is 26.8. The molecule has 1 aromatic carbocycles. The van der Waals surface area contributed by atoms with Crippen molar-refractivity contribution in [3.8, 4) is 0 Å². The Balaban J connectivity index is 1.75. The molecule has 3 aliphatic carbocycles. The Kier molecular flexibility index (Phi) is 2.40. The lowest BCUT2D eigenvalue weighted by Gasteiger charge is -2.38. The topological polar surface area (TPSA) is 37.4 Å². The van der Waals surface area contributed by atoms with Crippen LogP contribution in [0.1, 0.15) is 18.4 Å². The smallest absolute Gasteiger partial charge is 0.238 e. The summed E-state index contributed by atoms with van der Waals surface area (Å²) in [6.45, 7) is 2.00. The highest BCUT2D eigenvalue weighted by Gasteiger charge is 2.56. The van der Waals surface area contributed by atoms with Crippen molar-refractivity contribution in [2.24, 2.45) is 23.7 Å². The Morgan fingerprint density at radius 2 is 1.40 bits per heavy atom. The van der Waals surface area contributed by atoms with E-state index in [1.54, 1.807) is 0 Å². The van der Waals surface area contributed by atoms with E-state index >= 15 is 0 Å². The number of benzene rings is 1. The van der Waals surface area contributed by atoms with Gasteiger partial charge in [-0.3, -0.25) is 14.5 Å². The highest BCUT2D eigenvalue weighted by Crippen LogP contribution is 2.50. The molecule has 20 heavy (non-hydrogen) atoms. The van der Waals surface area contributed by atoms with Crippen LogP contribution in [-0.4, -0.2) is 11.8 Å². The molecule has 1 saturated heterocycles. The number of hydrogen-bond acceptors (Lipinski definition) is 2. The van der Waals surface area contributed by atoms with Gasteiger partial charge in [-0.25, -0.2) is 0 Å². The van der Waals surface area contributed by atoms with Crippen molar-refractivity contribution in [1.29, 1.82) is 0 Å². The van der Waals surface area contributed by atoms with E-state index in [0.29, 0.717) is 0 Å². The second-order valence-electron chi connectivity index (χ2n) is 6.19. The summed E-state index contributed by atoms with van der Waals surface area (Å²) in [7, 11) is 0. The van der Waals surface area contributed by atoms with E-state index in [1.165, 1.54) is 4.90 Å². The minimum Gasteiger partial charge on any atom is -0.274 e. The average Bonchev–Trinajstić information content (AvgIpc) is 2.76. The molecule has 0 unspecified atom stereocenters. The number of aryl methyl sites for hydroxylation is 1. The zero-order chi connectivity index (χ0) is 13.9. The van der Waals surface area contributed by atoms with Crippen LogP contribution >= 0.6 is 0 Å². The summed E-state index contributed by atoms with van der Waals surface area (Å²) < 4.78 is 0. The third kappa shape index (κ3) is 1.46. The quantitative estimate of drug-likeness (QED) is 0.579. The number of amides is 2. The number of allylic oxidation sites excluding steroid dienone is 2. The number of rotatable bonds is 1. The predicted octanol–water partition coefficient (Wildman–Crippen LogP) is 2.70. The lowest BCUT2D eigenvalue weighted by Crippen LogP contribution is -2.38. The maximum absolute atomic E-state index is 12.7. The van der Waals surface area contributed by atoms with Crippen molar-refractivity contribution in [3.05, 3.63) is 42.0 Å². The molecule has 1 aliphatic heterocycles. The van der Waals surface area contributed by atoms with Crippen LogP contribution in [0.4, 0.5) is 5.69 Å². The number of fused-ring (bicyclic) bond motifs is 1. The van der Waals surface area contributed by atoms with Gasteiger partial charge in [-0.1, -0.05) is 29.8 Å². The highest BCUT2D eigenvalue weighted by molar-refractivity contribution is 6.22. The number of anilines is 1. The van der Waals surface area contributed by atoms with Gasteiger partial charge in [0.25, 0.3) is 0 Å². The predicted molar refractivity (Wildman–Crippen MR) is 76.0 cm³/mol. The van der Waals surface area contributed by atoms with Crippen LogP contribution in [0.15, 0.2) is 36.4 Å². The minimum absolute atomic E-state index is 0.00269. The van der Waals surface area contributed by atoms with Crippen LogP contribution in [0.25, 0.3) is 0 Å². The normalized spacial score (nSPS) is 34.8. The lowest BCUT2D eigenvalue weighted by atomic mass is 9.63. The second kappa shape index (κ2) is 4.05. The van der Waals surface area contributed by atoms with Gasteiger partial charge in [-0.15, -0.1) is 0 Å². The minimum atomic E-state index is -0.118. The van der Waals surface area contributed by atoms with Crippen LogP contribution in [0.2, 0.25) is 0 Å². The maximum Gasteiger partial charge on any atom is 0.238 e. The summed E-state index contributed by atoms with van der Waals surface area (Å²) in [5.41, 5.74) is 1.85. The van der Waals surface area contributed by atoms with Gasteiger partial charge in [0, 0.05) is 0 Å². The first kappa shape index (κ1) is 11.9. The Hall–Kier alpha value is -1.90. The van der Waals surface area contributed by atoms with Crippen LogP contribution in [0.5, 0.6) is 0 Å². The van der Waals surface area contributed by atoms with Crippen molar-refractivity contribution >= 4 is 17.5 Å². The molecule has 1 saturated carbocycles. The summed E-state index contributed by atoms with van der Waals surface area (Å²) >= 11 is 0. The lowest BCUT2D eigenvalue weighted by molar-refractivity contribution is -0.124. The van der Waals surface area contributed by atoms with Crippen molar-refractivity contribution in [3.63, 3.8) is 0 Å². The molecule has 0 spiro atoms. The van der Waals surface area contributed by atoms with Gasteiger partial charge in [-0.05, 0) is 43.7 Å². The van der Waals surface area contributed by atoms with Gasteiger partial charge in [0.1, 0.15) is 0 Å². The molecule has 4 aliphatic rings. The van der Waals surface area contributed by atoms with Gasteiger partial charge < -0.3 is 0 Å². The van der Waals surface area contributed by atoms with Crippen LogP contribution < -0.4 is 4.90 Å². The standard InChI is InChI=1S/C17H17NO2/c1-10-2-8-13(9-3-10)18-16(19)14-11-4-5-12(7-6-11)15(14)17(18)20/h2-5,8-9,11-12,14-15H,6-7H2,1H3/t11-,12-,14-,15-/m0/s1. The fourth-order valence-electron chi connectivity index (χ4n) is 4.02.